The van der Waals surface area contributed by atoms with Crippen LogP contribution in [0.25, 0.3) is 0 Å². The van der Waals surface area contributed by atoms with Crippen molar-refractivity contribution >= 4 is 28.2 Å². The fourth-order valence-electron chi connectivity index (χ4n) is 3.55. The number of hydrogen-bond acceptors (Lipinski definition) is 4. The first-order valence-corrected chi connectivity index (χ1v) is 12.2. The summed E-state index contributed by atoms with van der Waals surface area (Å²) >= 11 is 1.81. The maximum Gasteiger partial charge on any atom is 0.251 e. The summed E-state index contributed by atoms with van der Waals surface area (Å²) in [5, 5.41) is 13.5. The molecule has 1 amide bonds. The number of benzene rings is 1. The number of nitrogens with zero attached hydrogens (tertiary/aromatic N) is 2. The van der Waals surface area contributed by atoms with Gasteiger partial charge >= 0.3 is 0 Å². The fourth-order valence-corrected chi connectivity index (χ4v) is 4.33. The molecule has 1 saturated heterocycles. The van der Waals surface area contributed by atoms with E-state index in [0.29, 0.717) is 18.2 Å². The molecule has 2 heterocycles. The minimum Gasteiger partial charge on any atom is -0.363 e. The van der Waals surface area contributed by atoms with Crippen LogP contribution in [-0.4, -0.2) is 43.6 Å². The molecule has 1 aromatic heterocycles. The van der Waals surface area contributed by atoms with Gasteiger partial charge in [-0.25, -0.2) is 4.99 Å². The molecule has 0 saturated carbocycles. The van der Waals surface area contributed by atoms with Gasteiger partial charge in [0.05, 0.1) is 11.5 Å². The van der Waals surface area contributed by atoms with Gasteiger partial charge in [0, 0.05) is 37.3 Å². The van der Waals surface area contributed by atoms with Crippen molar-refractivity contribution in [3.63, 3.8) is 0 Å². The molecular formula is C24H35N5OS. The topological polar surface area (TPSA) is 68.8 Å². The van der Waals surface area contributed by atoms with E-state index in [1.165, 1.54) is 5.00 Å². The number of amides is 1. The summed E-state index contributed by atoms with van der Waals surface area (Å²) in [5.41, 5.74) is 1.78. The smallest absolute Gasteiger partial charge is 0.251 e. The quantitative estimate of drug-likeness (QED) is 0.428. The molecule has 0 spiro atoms. The van der Waals surface area contributed by atoms with Gasteiger partial charge in [-0.3, -0.25) is 4.79 Å². The Hall–Kier alpha value is -2.54. The second kappa shape index (κ2) is 11.7. The zero-order chi connectivity index (χ0) is 22.1. The highest BCUT2D eigenvalue weighted by Crippen LogP contribution is 2.24. The maximum absolute atomic E-state index is 12.2. The Morgan fingerprint density at radius 1 is 1.19 bits per heavy atom. The van der Waals surface area contributed by atoms with Crippen molar-refractivity contribution in [2.24, 2.45) is 4.99 Å². The highest BCUT2D eigenvalue weighted by molar-refractivity contribution is 7.14. The summed E-state index contributed by atoms with van der Waals surface area (Å²) in [4.78, 5) is 19.5. The van der Waals surface area contributed by atoms with E-state index in [2.05, 4.69) is 52.2 Å². The van der Waals surface area contributed by atoms with Crippen LogP contribution in [0.5, 0.6) is 0 Å². The summed E-state index contributed by atoms with van der Waals surface area (Å²) in [6.45, 7) is 9.71. The van der Waals surface area contributed by atoms with Gasteiger partial charge in [-0.15, -0.1) is 11.3 Å². The van der Waals surface area contributed by atoms with Gasteiger partial charge in [0.2, 0.25) is 0 Å². The lowest BCUT2D eigenvalue weighted by Gasteiger charge is -2.33. The molecule has 1 atom stereocenters. The van der Waals surface area contributed by atoms with Crippen LogP contribution >= 0.6 is 11.3 Å². The predicted molar refractivity (Wildman–Crippen MR) is 131 cm³/mol. The maximum atomic E-state index is 12.2. The van der Waals surface area contributed by atoms with E-state index < -0.39 is 0 Å². The van der Waals surface area contributed by atoms with Crippen molar-refractivity contribution < 1.29 is 4.79 Å². The number of hydrogen-bond donors (Lipinski definition) is 3. The van der Waals surface area contributed by atoms with Crippen LogP contribution in [0.4, 0.5) is 5.00 Å². The Morgan fingerprint density at radius 3 is 2.55 bits per heavy atom. The summed E-state index contributed by atoms with van der Waals surface area (Å²) in [6.07, 6.45) is 3.12. The third kappa shape index (κ3) is 6.99. The lowest BCUT2D eigenvalue weighted by atomic mass is 10.1. The lowest BCUT2D eigenvalue weighted by Crippen LogP contribution is -2.48. The van der Waals surface area contributed by atoms with Crippen LogP contribution in [0.3, 0.4) is 0 Å². The van der Waals surface area contributed by atoms with E-state index in [-0.39, 0.29) is 11.9 Å². The summed E-state index contributed by atoms with van der Waals surface area (Å²) in [5.74, 6) is 0.837. The van der Waals surface area contributed by atoms with Crippen molar-refractivity contribution in [1.82, 2.24) is 16.0 Å². The van der Waals surface area contributed by atoms with E-state index in [1.807, 2.05) is 42.5 Å². The lowest BCUT2D eigenvalue weighted by molar-refractivity contribution is 0.0939. The number of nitrogens with one attached hydrogen (secondary N) is 3. The molecule has 31 heavy (non-hydrogen) atoms. The van der Waals surface area contributed by atoms with E-state index in [1.54, 1.807) is 0 Å². The van der Waals surface area contributed by atoms with E-state index >= 15 is 0 Å². The van der Waals surface area contributed by atoms with Crippen LogP contribution in [0.1, 0.15) is 56.0 Å². The minimum absolute atomic E-state index is 0.0201. The number of anilines is 1. The van der Waals surface area contributed by atoms with E-state index in [0.717, 1.165) is 50.4 Å². The van der Waals surface area contributed by atoms with E-state index in [4.69, 9.17) is 4.99 Å². The molecule has 2 aromatic rings. The molecule has 1 unspecified atom stereocenters. The van der Waals surface area contributed by atoms with Gasteiger partial charge in [0.1, 0.15) is 0 Å². The largest absolute Gasteiger partial charge is 0.363 e. The monoisotopic (exact) mass is 441 g/mol. The summed E-state index contributed by atoms with van der Waals surface area (Å²) in [6, 6.07) is 12.7. The van der Waals surface area contributed by atoms with Gasteiger partial charge in [-0.05, 0) is 68.3 Å². The van der Waals surface area contributed by atoms with Crippen molar-refractivity contribution in [1.29, 1.82) is 0 Å². The van der Waals surface area contributed by atoms with Crippen molar-refractivity contribution in [2.45, 2.75) is 58.7 Å². The van der Waals surface area contributed by atoms with Gasteiger partial charge in [-0.2, -0.15) is 0 Å². The van der Waals surface area contributed by atoms with Crippen LogP contribution in [0, 0.1) is 0 Å². The summed E-state index contributed by atoms with van der Waals surface area (Å²) in [7, 11) is 0. The van der Waals surface area contributed by atoms with Crippen molar-refractivity contribution in [3.05, 3.63) is 52.9 Å². The van der Waals surface area contributed by atoms with Crippen LogP contribution in [0.2, 0.25) is 0 Å². The first-order chi connectivity index (χ1) is 15.1. The van der Waals surface area contributed by atoms with Gasteiger partial charge in [-0.1, -0.05) is 19.1 Å². The molecular weight excluding hydrogens is 406 g/mol. The Labute approximate surface area is 190 Å². The van der Waals surface area contributed by atoms with Crippen LogP contribution < -0.4 is 20.9 Å². The molecule has 0 radical (unpaired) electrons. The Balaban J connectivity index is 1.52. The van der Waals surface area contributed by atoms with Crippen molar-refractivity contribution in [3.8, 4) is 0 Å². The molecule has 0 bridgehead atoms. The molecule has 0 aliphatic carbocycles. The third-order valence-electron chi connectivity index (χ3n) is 5.62. The molecule has 1 aromatic carbocycles. The van der Waals surface area contributed by atoms with Gasteiger partial charge in [0.25, 0.3) is 5.91 Å². The molecule has 6 nitrogen and oxygen atoms in total. The van der Waals surface area contributed by atoms with Crippen LogP contribution in [-0.2, 0) is 6.54 Å². The van der Waals surface area contributed by atoms with E-state index in [9.17, 15) is 4.79 Å². The standard InChI is InChI=1S/C24H35N5OS/c1-4-18(3)27-23(30)20-10-8-19(9-11-20)17-26-24(25-5-2)28-21-12-14-29(15-13-21)22-7-6-16-31-22/h6-11,16,18,21H,4-5,12-15,17H2,1-3H3,(H,27,30)(H2,25,26,28). The molecule has 1 fully saturated rings. The Kier molecular flexibility index (Phi) is 8.76. The normalized spacial score (nSPS) is 16.1. The zero-order valence-corrected chi connectivity index (χ0v) is 19.7. The number of guanidine groups is 1. The van der Waals surface area contributed by atoms with Crippen molar-refractivity contribution in [2.75, 3.05) is 24.5 Å². The second-order valence-electron chi connectivity index (χ2n) is 8.03. The number of thiophene rings is 1. The predicted octanol–water partition coefficient (Wildman–Crippen LogP) is 4.00. The molecule has 3 N–H and O–H groups in total. The van der Waals surface area contributed by atoms with Gasteiger partial charge < -0.3 is 20.9 Å². The molecule has 168 valence electrons. The zero-order valence-electron chi connectivity index (χ0n) is 18.9. The highest BCUT2D eigenvalue weighted by Gasteiger charge is 2.20. The number of carbonyl (C=O) groups excluding carboxylic acids is 1. The number of rotatable bonds is 8. The number of carbonyl (C=O) groups is 1. The second-order valence-corrected chi connectivity index (χ2v) is 8.96. The average molecular weight is 442 g/mol. The van der Waals surface area contributed by atoms with Crippen LogP contribution in [0.15, 0.2) is 46.8 Å². The number of aliphatic imine (C=N–C) groups is 1. The Morgan fingerprint density at radius 2 is 1.94 bits per heavy atom. The highest BCUT2D eigenvalue weighted by atomic mass is 32.1. The molecule has 1 aliphatic rings. The SMILES string of the molecule is CCNC(=NCc1ccc(C(=O)NC(C)CC)cc1)NC1CCN(c2cccs2)CC1. The summed E-state index contributed by atoms with van der Waals surface area (Å²) < 4.78 is 0. The molecule has 3 rings (SSSR count). The first-order valence-electron chi connectivity index (χ1n) is 11.3. The third-order valence-corrected chi connectivity index (χ3v) is 6.55. The molecule has 7 heteroatoms. The minimum atomic E-state index is -0.0201. The number of piperidine rings is 1. The average Bonchev–Trinajstić information content (AvgIpc) is 3.33. The molecule has 1 aliphatic heterocycles. The van der Waals surface area contributed by atoms with Gasteiger partial charge in [0.15, 0.2) is 5.96 Å². The Bertz CT molecular complexity index is 826. The fraction of sp³-hybridized carbons (Fsp3) is 0.500. The first kappa shape index (κ1) is 23.1.